The molecule has 0 amide bonds. The van der Waals surface area contributed by atoms with Gasteiger partial charge >= 0.3 is 11.9 Å². The van der Waals surface area contributed by atoms with E-state index in [2.05, 4.69) is 13.8 Å². The predicted octanol–water partition coefficient (Wildman–Crippen LogP) is 9.50. The second-order valence-corrected chi connectivity index (χ2v) is 11.3. The van der Waals surface area contributed by atoms with Gasteiger partial charge in [-0.2, -0.15) is 5.26 Å². The van der Waals surface area contributed by atoms with Crippen LogP contribution in [0, 0.1) is 11.3 Å². The minimum atomic E-state index is -0.732. The van der Waals surface area contributed by atoms with Gasteiger partial charge in [0.2, 0.25) is 0 Å². The first-order valence-corrected chi connectivity index (χ1v) is 16.5. The van der Waals surface area contributed by atoms with Gasteiger partial charge in [0, 0.05) is 6.61 Å². The van der Waals surface area contributed by atoms with Crippen LogP contribution >= 0.6 is 0 Å². The molecule has 7 nitrogen and oxygen atoms in total. The first kappa shape index (κ1) is 36.1. The number of carbonyl (C=O) groups is 2. The van der Waals surface area contributed by atoms with Crippen molar-refractivity contribution in [2.24, 2.45) is 0 Å². The van der Waals surface area contributed by atoms with E-state index in [9.17, 15) is 14.9 Å². The molecule has 0 saturated heterocycles. The second-order valence-electron chi connectivity index (χ2n) is 11.3. The summed E-state index contributed by atoms with van der Waals surface area (Å²) in [4.78, 5) is 25.0. The molecule has 0 heterocycles. The van der Waals surface area contributed by atoms with Crippen LogP contribution in [0.4, 0.5) is 0 Å². The number of esters is 2. The second kappa shape index (κ2) is 20.6. The van der Waals surface area contributed by atoms with E-state index >= 15 is 0 Å². The van der Waals surface area contributed by atoms with Gasteiger partial charge in [0.25, 0.3) is 0 Å². The third-order valence-corrected chi connectivity index (χ3v) is 7.47. The molecule has 3 aromatic rings. The Morgan fingerprint density at radius 3 is 1.76 bits per heavy atom. The van der Waals surface area contributed by atoms with Crippen LogP contribution in [-0.2, 0) is 14.3 Å². The zero-order valence-corrected chi connectivity index (χ0v) is 27.5. The number of rotatable bonds is 20. The van der Waals surface area contributed by atoms with Crippen molar-refractivity contribution < 1.29 is 28.5 Å². The molecule has 0 bridgehead atoms. The van der Waals surface area contributed by atoms with Gasteiger partial charge in [0.15, 0.2) is 6.10 Å². The summed E-state index contributed by atoms with van der Waals surface area (Å²) >= 11 is 0. The van der Waals surface area contributed by atoms with Crippen LogP contribution in [0.2, 0.25) is 0 Å². The monoisotopic (exact) mass is 625 g/mol. The Bertz CT molecular complexity index is 1400. The molecule has 1 atom stereocenters. The summed E-state index contributed by atoms with van der Waals surface area (Å²) in [6.07, 6.45) is 12.5. The van der Waals surface area contributed by atoms with Crippen LogP contribution in [0.15, 0.2) is 78.4 Å². The van der Waals surface area contributed by atoms with Crippen LogP contribution in [0.5, 0.6) is 17.2 Å². The number of unbranched alkanes of at least 4 members (excludes halogenated alkanes) is 8. The lowest BCUT2D eigenvalue weighted by molar-refractivity contribution is -0.146. The van der Waals surface area contributed by atoms with Gasteiger partial charge in [0.1, 0.15) is 28.9 Å². The number of hydrogen-bond donors (Lipinski definition) is 0. The van der Waals surface area contributed by atoms with Gasteiger partial charge in [-0.05, 0) is 78.9 Å². The van der Waals surface area contributed by atoms with Crippen molar-refractivity contribution >= 4 is 18.0 Å². The Morgan fingerprint density at radius 1 is 0.674 bits per heavy atom. The Hall–Kier alpha value is -4.41. The van der Waals surface area contributed by atoms with E-state index in [1.165, 1.54) is 44.6 Å². The molecule has 0 saturated carbocycles. The Labute approximate surface area is 274 Å². The molecule has 0 radical (unpaired) electrons. The van der Waals surface area contributed by atoms with E-state index in [0.717, 1.165) is 42.6 Å². The molecule has 0 aliphatic carbocycles. The van der Waals surface area contributed by atoms with Crippen LogP contribution in [0.1, 0.15) is 90.5 Å². The number of nitriles is 1. The lowest BCUT2D eigenvalue weighted by Crippen LogP contribution is -2.26. The standard InChI is InChI=1S/C39H47NO6/c1-4-6-8-9-10-11-13-27-44-35-20-14-31(15-21-35)28-34(29-40)39(42)46-37-24-18-33(19-25-37)32-16-22-36(23-17-32)45-38(41)30(3)43-26-12-7-5-2/h14-25,28,30H,4-13,26-27H2,1-3H3/b34-28+. The maximum atomic E-state index is 12.7. The fraction of sp³-hybridized carbons (Fsp3) is 0.410. The topological polar surface area (TPSA) is 94.9 Å². The van der Waals surface area contributed by atoms with E-state index in [-0.39, 0.29) is 5.57 Å². The minimum absolute atomic E-state index is 0.105. The molecule has 0 aliphatic rings. The quantitative estimate of drug-likeness (QED) is 0.0406. The molecular weight excluding hydrogens is 578 g/mol. The van der Waals surface area contributed by atoms with Gasteiger partial charge in [-0.25, -0.2) is 9.59 Å². The summed E-state index contributed by atoms with van der Waals surface area (Å²) in [5.41, 5.74) is 2.38. The molecular formula is C39H47NO6. The third kappa shape index (κ3) is 12.9. The van der Waals surface area contributed by atoms with E-state index in [0.29, 0.717) is 30.3 Å². The lowest BCUT2D eigenvalue weighted by Gasteiger charge is -2.12. The Balaban J connectivity index is 1.47. The molecule has 7 heteroatoms. The largest absolute Gasteiger partial charge is 0.494 e. The fourth-order valence-corrected chi connectivity index (χ4v) is 4.69. The van der Waals surface area contributed by atoms with Crippen LogP contribution in [0.3, 0.4) is 0 Å². The first-order chi connectivity index (χ1) is 22.4. The molecule has 3 rings (SSSR count). The van der Waals surface area contributed by atoms with Crippen molar-refractivity contribution in [3.63, 3.8) is 0 Å². The molecule has 3 aromatic carbocycles. The normalized spacial score (nSPS) is 11.8. The summed E-state index contributed by atoms with van der Waals surface area (Å²) in [7, 11) is 0. The summed E-state index contributed by atoms with van der Waals surface area (Å²) in [5, 5.41) is 9.60. The lowest BCUT2D eigenvalue weighted by atomic mass is 10.1. The zero-order valence-electron chi connectivity index (χ0n) is 27.5. The highest BCUT2D eigenvalue weighted by molar-refractivity contribution is 5.99. The average molecular weight is 626 g/mol. The summed E-state index contributed by atoms with van der Waals surface area (Å²) in [5.74, 6) is 0.357. The van der Waals surface area contributed by atoms with Crippen LogP contribution < -0.4 is 14.2 Å². The van der Waals surface area contributed by atoms with Crippen molar-refractivity contribution in [1.29, 1.82) is 5.26 Å². The molecule has 244 valence electrons. The number of hydrogen-bond acceptors (Lipinski definition) is 7. The molecule has 46 heavy (non-hydrogen) atoms. The highest BCUT2D eigenvalue weighted by Gasteiger charge is 2.16. The van der Waals surface area contributed by atoms with E-state index < -0.39 is 18.0 Å². The Kier molecular flexibility index (Phi) is 16.1. The van der Waals surface area contributed by atoms with Gasteiger partial charge < -0.3 is 18.9 Å². The predicted molar refractivity (Wildman–Crippen MR) is 182 cm³/mol. The average Bonchev–Trinajstić information content (AvgIpc) is 3.08. The number of benzene rings is 3. The zero-order chi connectivity index (χ0) is 33.0. The van der Waals surface area contributed by atoms with Gasteiger partial charge in [-0.1, -0.05) is 102 Å². The molecule has 0 fully saturated rings. The van der Waals surface area contributed by atoms with Crippen LogP contribution in [0.25, 0.3) is 17.2 Å². The minimum Gasteiger partial charge on any atom is -0.494 e. The highest BCUT2D eigenvalue weighted by Crippen LogP contribution is 2.26. The van der Waals surface area contributed by atoms with Crippen molar-refractivity contribution in [2.45, 2.75) is 91.1 Å². The number of nitrogens with zero attached hydrogens (tertiary/aromatic N) is 1. The third-order valence-electron chi connectivity index (χ3n) is 7.47. The maximum Gasteiger partial charge on any atom is 0.354 e. The van der Waals surface area contributed by atoms with E-state index in [4.69, 9.17) is 18.9 Å². The van der Waals surface area contributed by atoms with Gasteiger partial charge in [-0.3, -0.25) is 0 Å². The molecule has 0 aromatic heterocycles. The van der Waals surface area contributed by atoms with Crippen molar-refractivity contribution in [1.82, 2.24) is 0 Å². The Morgan fingerprint density at radius 2 is 1.17 bits per heavy atom. The maximum absolute atomic E-state index is 12.7. The van der Waals surface area contributed by atoms with Gasteiger partial charge in [0.05, 0.1) is 6.61 Å². The molecule has 0 N–H and O–H groups in total. The highest BCUT2D eigenvalue weighted by atomic mass is 16.6. The number of ether oxygens (including phenoxy) is 4. The molecule has 0 aliphatic heterocycles. The smallest absolute Gasteiger partial charge is 0.354 e. The molecule has 1 unspecified atom stereocenters. The summed E-state index contributed by atoms with van der Waals surface area (Å²) in [6, 6.07) is 23.4. The summed E-state index contributed by atoms with van der Waals surface area (Å²) in [6.45, 7) is 7.24. The summed E-state index contributed by atoms with van der Waals surface area (Å²) < 4.78 is 22.3. The van der Waals surface area contributed by atoms with Crippen molar-refractivity contribution in [3.8, 4) is 34.4 Å². The van der Waals surface area contributed by atoms with Crippen LogP contribution in [-0.4, -0.2) is 31.3 Å². The number of carbonyl (C=O) groups excluding carboxylic acids is 2. The van der Waals surface area contributed by atoms with Crippen molar-refractivity contribution in [2.75, 3.05) is 13.2 Å². The molecule has 0 spiro atoms. The first-order valence-electron chi connectivity index (χ1n) is 16.5. The fourth-order valence-electron chi connectivity index (χ4n) is 4.69. The van der Waals surface area contributed by atoms with Gasteiger partial charge in [-0.15, -0.1) is 0 Å². The SMILES string of the molecule is CCCCCCCCCOc1ccc(/C=C(\C#N)C(=O)Oc2ccc(-c3ccc(OC(=O)C(C)OCCCCC)cc3)cc2)cc1. The van der Waals surface area contributed by atoms with Crippen molar-refractivity contribution in [3.05, 3.63) is 83.9 Å². The van der Waals surface area contributed by atoms with E-state index in [1.54, 1.807) is 31.2 Å². The van der Waals surface area contributed by atoms with E-state index in [1.807, 2.05) is 54.6 Å².